The fourth-order valence-corrected chi connectivity index (χ4v) is 3.30. The van der Waals surface area contributed by atoms with Crippen molar-refractivity contribution in [3.8, 4) is 0 Å². The van der Waals surface area contributed by atoms with Crippen molar-refractivity contribution in [1.29, 1.82) is 0 Å². The van der Waals surface area contributed by atoms with Crippen molar-refractivity contribution in [2.75, 3.05) is 0 Å². The lowest BCUT2D eigenvalue weighted by Crippen LogP contribution is -2.43. The van der Waals surface area contributed by atoms with Gasteiger partial charge in [-0.3, -0.25) is 4.79 Å². The minimum atomic E-state index is 0.262. The molecule has 2 bridgehead atoms. The molecule has 4 heteroatoms. The SMILES string of the molecule is O=C(C1CC1)N1C2CCC1c1cncnc1C2. The molecule has 1 saturated carbocycles. The van der Waals surface area contributed by atoms with Crippen LogP contribution in [0.2, 0.25) is 0 Å². The molecule has 1 aromatic heterocycles. The Balaban J connectivity index is 1.74. The third kappa shape index (κ3) is 1.33. The Bertz CT molecular complexity index is 483. The van der Waals surface area contributed by atoms with Gasteiger partial charge in [0, 0.05) is 30.1 Å². The van der Waals surface area contributed by atoms with Gasteiger partial charge in [-0.25, -0.2) is 9.97 Å². The molecular weight excluding hydrogens is 214 g/mol. The topological polar surface area (TPSA) is 46.1 Å². The summed E-state index contributed by atoms with van der Waals surface area (Å²) in [6, 6.07) is 0.661. The van der Waals surface area contributed by atoms with Crippen LogP contribution >= 0.6 is 0 Å². The molecule has 17 heavy (non-hydrogen) atoms. The summed E-state index contributed by atoms with van der Waals surface area (Å²) >= 11 is 0. The van der Waals surface area contributed by atoms with E-state index in [0.29, 0.717) is 17.9 Å². The number of carbonyl (C=O) groups is 1. The van der Waals surface area contributed by atoms with Gasteiger partial charge in [0.1, 0.15) is 6.33 Å². The number of nitrogens with zero attached hydrogens (tertiary/aromatic N) is 3. The van der Waals surface area contributed by atoms with E-state index >= 15 is 0 Å². The maximum absolute atomic E-state index is 12.3. The predicted octanol–water partition coefficient (Wildman–Crippen LogP) is 1.47. The van der Waals surface area contributed by atoms with Gasteiger partial charge in [-0.15, -0.1) is 0 Å². The van der Waals surface area contributed by atoms with Gasteiger partial charge < -0.3 is 4.90 Å². The van der Waals surface area contributed by atoms with E-state index in [-0.39, 0.29) is 6.04 Å². The number of fused-ring (bicyclic) bond motifs is 4. The predicted molar refractivity (Wildman–Crippen MR) is 61.1 cm³/mol. The second-order valence-electron chi connectivity index (χ2n) is 5.40. The normalized spacial score (nSPS) is 30.2. The van der Waals surface area contributed by atoms with Crippen LogP contribution in [0.15, 0.2) is 12.5 Å². The average Bonchev–Trinajstić information content (AvgIpc) is 3.14. The van der Waals surface area contributed by atoms with Gasteiger partial charge in [0.25, 0.3) is 0 Å². The van der Waals surface area contributed by atoms with Gasteiger partial charge in [-0.1, -0.05) is 0 Å². The van der Waals surface area contributed by atoms with Crippen LogP contribution in [0.5, 0.6) is 0 Å². The first-order chi connectivity index (χ1) is 8.34. The zero-order chi connectivity index (χ0) is 11.4. The molecule has 1 aliphatic carbocycles. The van der Waals surface area contributed by atoms with E-state index in [9.17, 15) is 4.79 Å². The zero-order valence-corrected chi connectivity index (χ0v) is 9.67. The first kappa shape index (κ1) is 9.57. The van der Waals surface area contributed by atoms with Gasteiger partial charge in [0.15, 0.2) is 0 Å². The quantitative estimate of drug-likeness (QED) is 0.732. The molecule has 0 N–H and O–H groups in total. The number of hydrogen-bond acceptors (Lipinski definition) is 3. The van der Waals surface area contributed by atoms with E-state index in [1.165, 1.54) is 5.56 Å². The number of aromatic nitrogens is 2. The molecule has 4 rings (SSSR count). The van der Waals surface area contributed by atoms with Crippen molar-refractivity contribution in [3.05, 3.63) is 23.8 Å². The molecule has 1 aromatic rings. The molecule has 3 aliphatic rings. The van der Waals surface area contributed by atoms with Crippen molar-refractivity contribution < 1.29 is 4.79 Å². The van der Waals surface area contributed by atoms with Gasteiger partial charge in [-0.05, 0) is 25.7 Å². The van der Waals surface area contributed by atoms with Crippen LogP contribution in [0.4, 0.5) is 0 Å². The molecule has 1 amide bonds. The number of hydrogen-bond donors (Lipinski definition) is 0. The molecular formula is C13H15N3O. The van der Waals surface area contributed by atoms with E-state index in [4.69, 9.17) is 0 Å². The van der Waals surface area contributed by atoms with E-state index < -0.39 is 0 Å². The Hall–Kier alpha value is -1.45. The van der Waals surface area contributed by atoms with Crippen LogP contribution in [-0.2, 0) is 11.2 Å². The van der Waals surface area contributed by atoms with Crippen molar-refractivity contribution >= 4 is 5.91 Å². The number of amides is 1. The largest absolute Gasteiger partial charge is 0.332 e. The molecule has 0 spiro atoms. The Morgan fingerprint density at radius 1 is 1.29 bits per heavy atom. The lowest BCUT2D eigenvalue weighted by Gasteiger charge is -2.35. The standard InChI is InChI=1S/C13H15N3O/c17-13(8-1-2-8)16-9-3-4-12(16)10-6-14-7-15-11(10)5-9/h6-9,12H,1-5H2. The highest BCUT2D eigenvalue weighted by atomic mass is 16.2. The van der Waals surface area contributed by atoms with E-state index in [1.54, 1.807) is 6.33 Å². The van der Waals surface area contributed by atoms with Crippen molar-refractivity contribution in [3.63, 3.8) is 0 Å². The lowest BCUT2D eigenvalue weighted by atomic mass is 9.99. The van der Waals surface area contributed by atoms with Gasteiger partial charge in [0.2, 0.25) is 5.91 Å². The zero-order valence-electron chi connectivity index (χ0n) is 9.67. The first-order valence-corrected chi connectivity index (χ1v) is 6.45. The van der Waals surface area contributed by atoms with Crippen LogP contribution in [0.25, 0.3) is 0 Å². The Kier molecular flexibility index (Phi) is 1.84. The second-order valence-corrected chi connectivity index (χ2v) is 5.40. The fourth-order valence-electron chi connectivity index (χ4n) is 3.30. The average molecular weight is 229 g/mol. The third-order valence-electron chi connectivity index (χ3n) is 4.30. The van der Waals surface area contributed by atoms with Crippen molar-refractivity contribution in [2.24, 2.45) is 5.92 Å². The van der Waals surface area contributed by atoms with Gasteiger partial charge >= 0.3 is 0 Å². The number of carbonyl (C=O) groups excluding carboxylic acids is 1. The summed E-state index contributed by atoms with van der Waals surface area (Å²) in [7, 11) is 0. The summed E-state index contributed by atoms with van der Waals surface area (Å²) in [4.78, 5) is 22.9. The highest BCUT2D eigenvalue weighted by Crippen LogP contribution is 2.45. The molecule has 2 fully saturated rings. The molecule has 0 aromatic carbocycles. The van der Waals surface area contributed by atoms with Crippen LogP contribution in [0.1, 0.15) is 43.0 Å². The molecule has 88 valence electrons. The monoisotopic (exact) mass is 229 g/mol. The smallest absolute Gasteiger partial charge is 0.226 e. The van der Waals surface area contributed by atoms with E-state index in [0.717, 1.165) is 37.8 Å². The van der Waals surface area contributed by atoms with Crippen LogP contribution < -0.4 is 0 Å². The summed E-state index contributed by atoms with van der Waals surface area (Å²) < 4.78 is 0. The van der Waals surface area contributed by atoms with Crippen LogP contribution in [-0.4, -0.2) is 26.8 Å². The van der Waals surface area contributed by atoms with E-state index in [2.05, 4.69) is 14.9 Å². The first-order valence-electron chi connectivity index (χ1n) is 6.45. The van der Waals surface area contributed by atoms with Crippen molar-refractivity contribution in [2.45, 2.75) is 44.2 Å². The van der Waals surface area contributed by atoms with Crippen LogP contribution in [0.3, 0.4) is 0 Å². The molecule has 2 unspecified atom stereocenters. The maximum atomic E-state index is 12.3. The third-order valence-corrected chi connectivity index (χ3v) is 4.30. The van der Waals surface area contributed by atoms with Gasteiger partial charge in [-0.2, -0.15) is 0 Å². The Morgan fingerprint density at radius 2 is 2.18 bits per heavy atom. The van der Waals surface area contributed by atoms with Gasteiger partial charge in [0.05, 0.1) is 11.7 Å². The molecule has 4 nitrogen and oxygen atoms in total. The van der Waals surface area contributed by atoms with Crippen LogP contribution in [0, 0.1) is 5.92 Å². The maximum Gasteiger partial charge on any atom is 0.226 e. The van der Waals surface area contributed by atoms with Crippen molar-refractivity contribution in [1.82, 2.24) is 14.9 Å². The minimum Gasteiger partial charge on any atom is -0.332 e. The second kappa shape index (κ2) is 3.28. The molecule has 1 saturated heterocycles. The summed E-state index contributed by atoms with van der Waals surface area (Å²) in [5.41, 5.74) is 2.35. The Labute approximate surface area is 100 Å². The molecule has 3 heterocycles. The fraction of sp³-hybridized carbons (Fsp3) is 0.615. The number of rotatable bonds is 1. The minimum absolute atomic E-state index is 0.262. The summed E-state index contributed by atoms with van der Waals surface area (Å²) in [5.74, 6) is 0.705. The highest BCUT2D eigenvalue weighted by molar-refractivity contribution is 5.82. The van der Waals surface area contributed by atoms with E-state index in [1.807, 2.05) is 6.20 Å². The highest BCUT2D eigenvalue weighted by Gasteiger charge is 2.46. The summed E-state index contributed by atoms with van der Waals surface area (Å²) in [6.45, 7) is 0. The Morgan fingerprint density at radius 3 is 3.00 bits per heavy atom. The molecule has 0 radical (unpaired) electrons. The summed E-state index contributed by atoms with van der Waals surface area (Å²) in [6.07, 6.45) is 8.84. The molecule has 2 atom stereocenters. The summed E-state index contributed by atoms with van der Waals surface area (Å²) in [5, 5.41) is 0. The lowest BCUT2D eigenvalue weighted by molar-refractivity contribution is -0.136. The molecule has 2 aliphatic heterocycles.